The van der Waals surface area contributed by atoms with Crippen molar-refractivity contribution in [1.29, 1.82) is 0 Å². The van der Waals surface area contributed by atoms with Gasteiger partial charge < -0.3 is 9.64 Å². The number of anilines is 1. The maximum atomic E-state index is 10.9. The Labute approximate surface area is 90.0 Å². The normalized spacial score (nSPS) is 10.3. The van der Waals surface area contributed by atoms with Crippen molar-refractivity contribution in [2.45, 2.75) is 6.92 Å². The van der Waals surface area contributed by atoms with Crippen LogP contribution in [0.1, 0.15) is 5.56 Å². The number of esters is 1. The summed E-state index contributed by atoms with van der Waals surface area (Å²) in [6, 6.07) is 7.97. The summed E-state index contributed by atoms with van der Waals surface area (Å²) in [6.07, 6.45) is 3.08. The SMILES string of the molecule is COC(=O)C=CN(C)c1ccccc1C. The molecule has 1 aromatic rings. The first-order chi connectivity index (χ1) is 7.15. The first kappa shape index (κ1) is 11.3. The highest BCUT2D eigenvalue weighted by Crippen LogP contribution is 2.17. The van der Waals surface area contributed by atoms with E-state index >= 15 is 0 Å². The van der Waals surface area contributed by atoms with E-state index in [1.807, 2.05) is 43.1 Å². The predicted molar refractivity (Wildman–Crippen MR) is 60.7 cm³/mol. The number of carbonyl (C=O) groups excluding carboxylic acids is 1. The number of aryl methyl sites for hydroxylation is 1. The fourth-order valence-corrected chi connectivity index (χ4v) is 1.28. The van der Waals surface area contributed by atoms with E-state index in [1.165, 1.54) is 13.2 Å². The van der Waals surface area contributed by atoms with Crippen LogP contribution in [0.25, 0.3) is 0 Å². The zero-order valence-corrected chi connectivity index (χ0v) is 9.23. The van der Waals surface area contributed by atoms with Gasteiger partial charge >= 0.3 is 5.97 Å². The zero-order chi connectivity index (χ0) is 11.3. The second-order valence-corrected chi connectivity index (χ2v) is 3.24. The third kappa shape index (κ3) is 3.13. The van der Waals surface area contributed by atoms with E-state index < -0.39 is 0 Å². The van der Waals surface area contributed by atoms with Gasteiger partial charge in [-0.3, -0.25) is 0 Å². The Kier molecular flexibility index (Phi) is 3.92. The fraction of sp³-hybridized carbons (Fsp3) is 0.250. The second-order valence-electron chi connectivity index (χ2n) is 3.24. The number of benzene rings is 1. The van der Waals surface area contributed by atoms with Crippen LogP contribution >= 0.6 is 0 Å². The molecule has 0 atom stereocenters. The van der Waals surface area contributed by atoms with Crippen molar-refractivity contribution in [2.75, 3.05) is 19.1 Å². The largest absolute Gasteiger partial charge is 0.466 e. The number of nitrogens with zero attached hydrogens (tertiary/aromatic N) is 1. The molecule has 0 saturated heterocycles. The highest BCUT2D eigenvalue weighted by Gasteiger charge is 2.00. The molecule has 1 aromatic carbocycles. The molecule has 0 bridgehead atoms. The number of carbonyl (C=O) groups is 1. The molecule has 0 aliphatic heterocycles. The molecule has 0 unspecified atom stereocenters. The number of para-hydroxylation sites is 1. The number of rotatable bonds is 3. The van der Waals surface area contributed by atoms with Crippen LogP contribution in [0.2, 0.25) is 0 Å². The highest BCUT2D eigenvalue weighted by atomic mass is 16.5. The molecule has 0 aromatic heterocycles. The molecule has 0 N–H and O–H groups in total. The number of ether oxygens (including phenoxy) is 1. The molecule has 0 fully saturated rings. The van der Waals surface area contributed by atoms with Crippen molar-refractivity contribution in [1.82, 2.24) is 0 Å². The molecule has 15 heavy (non-hydrogen) atoms. The van der Waals surface area contributed by atoms with Crippen LogP contribution in [0.3, 0.4) is 0 Å². The summed E-state index contributed by atoms with van der Waals surface area (Å²) in [4.78, 5) is 12.8. The monoisotopic (exact) mass is 205 g/mol. The maximum absolute atomic E-state index is 10.9. The van der Waals surface area contributed by atoms with E-state index in [4.69, 9.17) is 0 Å². The minimum atomic E-state index is -0.351. The van der Waals surface area contributed by atoms with Crippen molar-refractivity contribution >= 4 is 11.7 Å². The lowest BCUT2D eigenvalue weighted by Crippen LogP contribution is -2.10. The van der Waals surface area contributed by atoms with Gasteiger partial charge in [0.05, 0.1) is 7.11 Å². The summed E-state index contributed by atoms with van der Waals surface area (Å²) in [7, 11) is 3.25. The average molecular weight is 205 g/mol. The Morgan fingerprint density at radius 1 is 1.40 bits per heavy atom. The molecule has 0 aliphatic rings. The van der Waals surface area contributed by atoms with E-state index in [0.29, 0.717) is 0 Å². The molecule has 80 valence electrons. The average Bonchev–Trinajstić information content (AvgIpc) is 2.26. The van der Waals surface area contributed by atoms with Gasteiger partial charge in [-0.05, 0) is 18.6 Å². The Bertz CT molecular complexity index is 372. The molecular weight excluding hydrogens is 190 g/mol. The van der Waals surface area contributed by atoms with Crippen LogP contribution < -0.4 is 4.90 Å². The van der Waals surface area contributed by atoms with Gasteiger partial charge in [0.15, 0.2) is 0 Å². The van der Waals surface area contributed by atoms with E-state index in [0.717, 1.165) is 11.3 Å². The topological polar surface area (TPSA) is 29.5 Å². The third-order valence-electron chi connectivity index (χ3n) is 2.13. The Hall–Kier alpha value is -1.77. The lowest BCUT2D eigenvalue weighted by molar-refractivity contribution is -0.134. The molecule has 1 rings (SSSR count). The van der Waals surface area contributed by atoms with Gasteiger partial charge in [-0.1, -0.05) is 18.2 Å². The smallest absolute Gasteiger partial charge is 0.331 e. The molecule has 0 radical (unpaired) electrons. The maximum Gasteiger partial charge on any atom is 0.331 e. The van der Waals surface area contributed by atoms with Gasteiger partial charge in [-0.15, -0.1) is 0 Å². The van der Waals surface area contributed by atoms with E-state index in [-0.39, 0.29) is 5.97 Å². The quantitative estimate of drug-likeness (QED) is 0.559. The number of hydrogen-bond donors (Lipinski definition) is 0. The first-order valence-corrected chi connectivity index (χ1v) is 4.69. The lowest BCUT2D eigenvalue weighted by Gasteiger charge is -2.16. The molecule has 0 saturated carbocycles. The summed E-state index contributed by atoms with van der Waals surface area (Å²) in [5.41, 5.74) is 2.23. The summed E-state index contributed by atoms with van der Waals surface area (Å²) in [5, 5.41) is 0. The molecule has 3 nitrogen and oxygen atoms in total. The van der Waals surface area contributed by atoms with E-state index in [2.05, 4.69) is 4.74 Å². The van der Waals surface area contributed by atoms with Crippen LogP contribution in [0.15, 0.2) is 36.5 Å². The van der Waals surface area contributed by atoms with Crippen LogP contribution in [-0.2, 0) is 9.53 Å². The lowest BCUT2D eigenvalue weighted by atomic mass is 10.2. The van der Waals surface area contributed by atoms with Gasteiger partial charge in [0.1, 0.15) is 0 Å². The van der Waals surface area contributed by atoms with Crippen LogP contribution in [0.5, 0.6) is 0 Å². The number of hydrogen-bond acceptors (Lipinski definition) is 3. The first-order valence-electron chi connectivity index (χ1n) is 4.69. The van der Waals surface area contributed by atoms with Gasteiger partial charge in [-0.25, -0.2) is 4.79 Å². The van der Waals surface area contributed by atoms with Crippen molar-refractivity contribution in [3.05, 3.63) is 42.1 Å². The molecule has 0 amide bonds. The minimum Gasteiger partial charge on any atom is -0.466 e. The Morgan fingerprint density at radius 2 is 2.07 bits per heavy atom. The summed E-state index contributed by atoms with van der Waals surface area (Å²) in [5.74, 6) is -0.351. The van der Waals surface area contributed by atoms with E-state index in [9.17, 15) is 4.79 Å². The summed E-state index contributed by atoms with van der Waals surface area (Å²) >= 11 is 0. The third-order valence-corrected chi connectivity index (χ3v) is 2.13. The summed E-state index contributed by atoms with van der Waals surface area (Å²) in [6.45, 7) is 2.03. The van der Waals surface area contributed by atoms with Gasteiger partial charge in [-0.2, -0.15) is 0 Å². The molecule has 3 heteroatoms. The molecule has 0 heterocycles. The van der Waals surface area contributed by atoms with E-state index in [1.54, 1.807) is 6.20 Å². The van der Waals surface area contributed by atoms with Crippen LogP contribution in [0.4, 0.5) is 5.69 Å². The predicted octanol–water partition coefficient (Wildman–Crippen LogP) is 2.12. The van der Waals surface area contributed by atoms with Gasteiger partial charge in [0.2, 0.25) is 0 Å². The molecule has 0 aliphatic carbocycles. The Morgan fingerprint density at radius 3 is 2.67 bits per heavy atom. The molecule has 0 spiro atoms. The van der Waals surface area contributed by atoms with Crippen molar-refractivity contribution in [2.24, 2.45) is 0 Å². The zero-order valence-electron chi connectivity index (χ0n) is 9.23. The number of methoxy groups -OCH3 is 1. The molecular formula is C12H15NO2. The fourth-order valence-electron chi connectivity index (χ4n) is 1.28. The second kappa shape index (κ2) is 5.20. The van der Waals surface area contributed by atoms with Gasteiger partial charge in [0.25, 0.3) is 0 Å². The van der Waals surface area contributed by atoms with Crippen molar-refractivity contribution < 1.29 is 9.53 Å². The standard InChI is InChI=1S/C12H15NO2/c1-10-6-4-5-7-11(10)13(2)9-8-12(14)15-3/h4-9H,1-3H3. The van der Waals surface area contributed by atoms with Gasteiger partial charge in [0, 0.05) is 25.0 Å². The summed E-state index contributed by atoms with van der Waals surface area (Å²) < 4.78 is 4.51. The van der Waals surface area contributed by atoms with Crippen LogP contribution in [-0.4, -0.2) is 20.1 Å². The van der Waals surface area contributed by atoms with Crippen LogP contribution in [0, 0.1) is 6.92 Å². The van der Waals surface area contributed by atoms with Crippen molar-refractivity contribution in [3.8, 4) is 0 Å². The Balaban J connectivity index is 2.77. The van der Waals surface area contributed by atoms with Crippen molar-refractivity contribution in [3.63, 3.8) is 0 Å². The minimum absolute atomic E-state index is 0.351. The highest BCUT2D eigenvalue weighted by molar-refractivity contribution is 5.82.